The molecule has 0 bridgehead atoms. The van der Waals surface area contributed by atoms with Crippen molar-refractivity contribution >= 4 is 17.6 Å². The molecule has 2 rings (SSSR count). The minimum atomic E-state index is -0.808. The Morgan fingerprint density at radius 1 is 1.47 bits per heavy atom. The number of nitrogens with zero attached hydrogens (tertiary/aromatic N) is 2. The van der Waals surface area contributed by atoms with Crippen molar-refractivity contribution in [3.05, 3.63) is 47.2 Å². The van der Waals surface area contributed by atoms with E-state index >= 15 is 0 Å². The van der Waals surface area contributed by atoms with Crippen LogP contribution in [0.25, 0.3) is 5.69 Å². The van der Waals surface area contributed by atoms with Crippen molar-refractivity contribution in [1.82, 2.24) is 9.78 Å². The molecule has 1 aromatic heterocycles. The molecule has 2 aromatic rings. The van der Waals surface area contributed by atoms with Gasteiger partial charge in [-0.15, -0.1) is 0 Å². The van der Waals surface area contributed by atoms with Gasteiger partial charge in [0, 0.05) is 18.8 Å². The summed E-state index contributed by atoms with van der Waals surface area (Å²) in [6.45, 7) is 0. The van der Waals surface area contributed by atoms with Gasteiger partial charge in [-0.1, -0.05) is 17.7 Å². The van der Waals surface area contributed by atoms with Gasteiger partial charge in [-0.2, -0.15) is 5.10 Å². The van der Waals surface area contributed by atoms with Gasteiger partial charge in [-0.25, -0.2) is 4.68 Å². The fourth-order valence-electron chi connectivity index (χ4n) is 1.55. The van der Waals surface area contributed by atoms with Crippen molar-refractivity contribution in [3.63, 3.8) is 0 Å². The maximum absolute atomic E-state index is 10.5. The van der Waals surface area contributed by atoms with E-state index in [1.54, 1.807) is 23.1 Å². The van der Waals surface area contributed by atoms with Crippen LogP contribution in [0.5, 0.6) is 0 Å². The predicted molar refractivity (Wildman–Crippen MR) is 64.5 cm³/mol. The zero-order valence-corrected chi connectivity index (χ0v) is 9.76. The molecule has 17 heavy (non-hydrogen) atoms. The third-order valence-electron chi connectivity index (χ3n) is 2.39. The highest BCUT2D eigenvalue weighted by Crippen LogP contribution is 2.21. The van der Waals surface area contributed by atoms with Gasteiger partial charge in [0.15, 0.2) is 0 Å². The Bertz CT molecular complexity index is 523. The number of benzene rings is 1. The highest BCUT2D eigenvalue weighted by Gasteiger charge is 2.05. The Hall–Kier alpha value is -1.81. The monoisotopic (exact) mass is 250 g/mol. The Balaban J connectivity index is 2.20. The third-order valence-corrected chi connectivity index (χ3v) is 2.69. The molecule has 1 aromatic carbocycles. The van der Waals surface area contributed by atoms with Crippen molar-refractivity contribution in [2.24, 2.45) is 0 Å². The average molecular weight is 251 g/mol. The van der Waals surface area contributed by atoms with Gasteiger partial charge in [0.05, 0.1) is 10.7 Å². The number of hydrogen-bond donors (Lipinski definition) is 1. The molecule has 88 valence electrons. The topological polar surface area (TPSA) is 55.1 Å². The predicted octanol–water partition coefficient (Wildman–Crippen LogP) is 2.54. The Kier molecular flexibility index (Phi) is 3.44. The number of halogens is 1. The summed E-state index contributed by atoms with van der Waals surface area (Å²) < 4.78 is 1.67. The summed E-state index contributed by atoms with van der Waals surface area (Å²) >= 11 is 6.13. The normalized spacial score (nSPS) is 10.4. The van der Waals surface area contributed by atoms with E-state index in [0.717, 1.165) is 11.3 Å². The summed E-state index contributed by atoms with van der Waals surface area (Å²) in [5.74, 6) is -0.808. The summed E-state index contributed by atoms with van der Waals surface area (Å²) in [6.07, 6.45) is 4.07. The summed E-state index contributed by atoms with van der Waals surface area (Å²) in [5, 5.41) is 13.3. The zero-order valence-electron chi connectivity index (χ0n) is 9.01. The average Bonchev–Trinajstić information content (AvgIpc) is 2.79. The lowest BCUT2D eigenvalue weighted by molar-refractivity contribution is -0.136. The number of aromatic nitrogens is 2. The number of aliphatic carboxylic acids is 1. The molecular weight excluding hydrogens is 240 g/mol. The summed E-state index contributed by atoms with van der Waals surface area (Å²) in [7, 11) is 0. The highest BCUT2D eigenvalue weighted by molar-refractivity contribution is 6.32. The van der Waals surface area contributed by atoms with Crippen LogP contribution >= 0.6 is 11.6 Å². The van der Waals surface area contributed by atoms with Gasteiger partial charge < -0.3 is 5.11 Å². The standard InChI is InChI=1S/C12H11ClN2O2/c13-10-8-9(3-5-12(16)17)2-4-11(10)15-7-1-6-14-15/h1-2,4,6-8H,3,5H2,(H,16,17). The number of carbonyl (C=O) groups is 1. The van der Waals surface area contributed by atoms with Crippen LogP contribution in [0.15, 0.2) is 36.7 Å². The lowest BCUT2D eigenvalue weighted by Gasteiger charge is -2.06. The fourth-order valence-corrected chi connectivity index (χ4v) is 1.84. The smallest absolute Gasteiger partial charge is 0.303 e. The van der Waals surface area contributed by atoms with Gasteiger partial charge in [0.2, 0.25) is 0 Å². The molecule has 0 saturated carbocycles. The van der Waals surface area contributed by atoms with Crippen LogP contribution in [0, 0.1) is 0 Å². The molecule has 4 nitrogen and oxygen atoms in total. The van der Waals surface area contributed by atoms with Crippen LogP contribution < -0.4 is 0 Å². The van der Waals surface area contributed by atoms with E-state index in [1.807, 2.05) is 18.2 Å². The van der Waals surface area contributed by atoms with Crippen LogP contribution in [0.3, 0.4) is 0 Å². The molecule has 0 aliphatic carbocycles. The van der Waals surface area contributed by atoms with Crippen LogP contribution in [-0.2, 0) is 11.2 Å². The van der Waals surface area contributed by atoms with Gasteiger partial charge in [0.25, 0.3) is 0 Å². The van der Waals surface area contributed by atoms with Crippen LogP contribution in [0.2, 0.25) is 5.02 Å². The number of hydrogen-bond acceptors (Lipinski definition) is 2. The van der Waals surface area contributed by atoms with Gasteiger partial charge >= 0.3 is 5.97 Å². The molecule has 0 saturated heterocycles. The summed E-state index contributed by atoms with van der Waals surface area (Å²) in [6, 6.07) is 7.30. The van der Waals surface area contributed by atoms with Crippen molar-refractivity contribution in [2.45, 2.75) is 12.8 Å². The Morgan fingerprint density at radius 3 is 2.88 bits per heavy atom. The quantitative estimate of drug-likeness (QED) is 0.907. The van der Waals surface area contributed by atoms with Crippen LogP contribution in [0.4, 0.5) is 0 Å². The van der Waals surface area contributed by atoms with Gasteiger partial charge in [-0.05, 0) is 30.2 Å². The third kappa shape index (κ3) is 2.85. The molecule has 1 N–H and O–H groups in total. The van der Waals surface area contributed by atoms with Crippen LogP contribution in [-0.4, -0.2) is 20.9 Å². The van der Waals surface area contributed by atoms with E-state index in [4.69, 9.17) is 16.7 Å². The first kappa shape index (κ1) is 11.7. The minimum Gasteiger partial charge on any atom is -0.481 e. The number of carboxylic acid groups (broad SMARTS) is 1. The maximum atomic E-state index is 10.5. The van der Waals surface area contributed by atoms with Crippen LogP contribution in [0.1, 0.15) is 12.0 Å². The number of carboxylic acids is 1. The van der Waals surface area contributed by atoms with E-state index in [-0.39, 0.29) is 6.42 Å². The second-order valence-electron chi connectivity index (χ2n) is 3.63. The molecule has 0 radical (unpaired) electrons. The van der Waals surface area contributed by atoms with Crippen molar-refractivity contribution in [3.8, 4) is 5.69 Å². The second kappa shape index (κ2) is 5.01. The lowest BCUT2D eigenvalue weighted by atomic mass is 10.1. The molecule has 0 unspecified atom stereocenters. The first-order valence-corrected chi connectivity index (χ1v) is 5.55. The molecule has 5 heteroatoms. The number of rotatable bonds is 4. The molecular formula is C12H11ClN2O2. The van der Waals surface area contributed by atoms with Gasteiger partial charge in [0.1, 0.15) is 0 Å². The molecule has 1 heterocycles. The van der Waals surface area contributed by atoms with Crippen molar-refractivity contribution in [2.75, 3.05) is 0 Å². The first-order chi connectivity index (χ1) is 8.16. The molecule has 0 amide bonds. The first-order valence-electron chi connectivity index (χ1n) is 5.17. The SMILES string of the molecule is O=C(O)CCc1ccc(-n2cccn2)c(Cl)c1. The van der Waals surface area contributed by atoms with E-state index < -0.39 is 5.97 Å². The van der Waals surface area contributed by atoms with Crippen molar-refractivity contribution in [1.29, 1.82) is 0 Å². The minimum absolute atomic E-state index is 0.109. The Labute approximate surface area is 103 Å². The highest BCUT2D eigenvalue weighted by atomic mass is 35.5. The second-order valence-corrected chi connectivity index (χ2v) is 4.04. The maximum Gasteiger partial charge on any atom is 0.303 e. The molecule has 0 aliphatic heterocycles. The van der Waals surface area contributed by atoms with E-state index in [2.05, 4.69) is 5.10 Å². The number of aryl methyl sites for hydroxylation is 1. The van der Waals surface area contributed by atoms with Crippen molar-refractivity contribution < 1.29 is 9.90 Å². The summed E-state index contributed by atoms with van der Waals surface area (Å²) in [4.78, 5) is 10.5. The lowest BCUT2D eigenvalue weighted by Crippen LogP contribution is -1.99. The van der Waals surface area contributed by atoms with E-state index in [1.165, 1.54) is 0 Å². The molecule has 0 atom stereocenters. The molecule has 0 aliphatic rings. The van der Waals surface area contributed by atoms with E-state index in [0.29, 0.717) is 11.4 Å². The molecule has 0 spiro atoms. The largest absolute Gasteiger partial charge is 0.481 e. The van der Waals surface area contributed by atoms with E-state index in [9.17, 15) is 4.79 Å². The van der Waals surface area contributed by atoms with Gasteiger partial charge in [-0.3, -0.25) is 4.79 Å². The fraction of sp³-hybridized carbons (Fsp3) is 0.167. The summed E-state index contributed by atoms with van der Waals surface area (Å²) in [5.41, 5.74) is 1.70. The molecule has 0 fully saturated rings. The Morgan fingerprint density at radius 2 is 2.29 bits per heavy atom. The zero-order chi connectivity index (χ0) is 12.3.